The minimum atomic E-state index is -4.73. The third-order valence-electron chi connectivity index (χ3n) is 7.92. The Morgan fingerprint density at radius 2 is 1.66 bits per heavy atom. The van der Waals surface area contributed by atoms with Crippen molar-refractivity contribution in [1.82, 2.24) is 0 Å². The number of alkyl halides is 3. The Bertz CT molecular complexity index is 1330. The van der Waals surface area contributed by atoms with Gasteiger partial charge in [0.05, 0.1) is 20.1 Å². The molecule has 2 aliphatic rings. The first-order chi connectivity index (χ1) is 19.7. The Balaban J connectivity index is 1.22. The maximum atomic E-state index is 12.6. The number of halogens is 3. The highest BCUT2D eigenvalue weighted by Gasteiger charge is 2.34. The van der Waals surface area contributed by atoms with E-state index in [0.717, 1.165) is 66.9 Å². The van der Waals surface area contributed by atoms with Crippen LogP contribution >= 0.6 is 0 Å². The lowest BCUT2D eigenvalue weighted by Gasteiger charge is -2.35. The summed E-state index contributed by atoms with van der Waals surface area (Å²) in [5, 5.41) is 9.34. The number of nitrogens with zero attached hydrogens (tertiary/aromatic N) is 1. The van der Waals surface area contributed by atoms with E-state index in [0.29, 0.717) is 24.2 Å². The van der Waals surface area contributed by atoms with E-state index >= 15 is 0 Å². The molecule has 1 aliphatic heterocycles. The minimum absolute atomic E-state index is 0.0321. The van der Waals surface area contributed by atoms with Crippen molar-refractivity contribution >= 4 is 11.7 Å². The van der Waals surface area contributed by atoms with Crippen molar-refractivity contribution < 1.29 is 37.3 Å². The standard InChI is InChI=1S/C32H34F3NO5/c1-39-26-11-12-28(22-7-9-25(10-8-22)41-32(33,34)35)30(18-26)36-15-13-21(14-16-36)20-40-27-4-2-3-24(17-27)29(19-31(37)38)23-5-6-23/h2-4,7-12,17-18,21,23,29H,5-6,13-16,19-20H2,1H3,(H,37,38)/t29-/m0/s1. The molecule has 0 spiro atoms. The smallest absolute Gasteiger partial charge is 0.497 e. The Kier molecular flexibility index (Phi) is 8.61. The maximum absolute atomic E-state index is 12.6. The molecule has 0 bridgehead atoms. The number of benzene rings is 3. The van der Waals surface area contributed by atoms with Crippen molar-refractivity contribution in [3.8, 4) is 28.4 Å². The topological polar surface area (TPSA) is 68.2 Å². The highest BCUT2D eigenvalue weighted by atomic mass is 19.4. The van der Waals surface area contributed by atoms with Crippen molar-refractivity contribution in [2.24, 2.45) is 11.8 Å². The van der Waals surface area contributed by atoms with E-state index in [1.54, 1.807) is 19.2 Å². The van der Waals surface area contributed by atoms with E-state index in [9.17, 15) is 23.1 Å². The van der Waals surface area contributed by atoms with Crippen molar-refractivity contribution in [2.75, 3.05) is 31.7 Å². The molecule has 1 N–H and O–H groups in total. The Morgan fingerprint density at radius 3 is 2.29 bits per heavy atom. The fraction of sp³-hybridized carbons (Fsp3) is 0.406. The van der Waals surface area contributed by atoms with Gasteiger partial charge in [0.15, 0.2) is 0 Å². The number of anilines is 1. The Labute approximate surface area is 237 Å². The average Bonchev–Trinajstić information content (AvgIpc) is 3.80. The molecule has 1 heterocycles. The minimum Gasteiger partial charge on any atom is -0.497 e. The average molecular weight is 570 g/mol. The van der Waals surface area contributed by atoms with Gasteiger partial charge in [-0.05, 0) is 91.0 Å². The Hall–Kier alpha value is -3.88. The molecule has 5 rings (SSSR count). The first-order valence-corrected chi connectivity index (χ1v) is 13.9. The van der Waals surface area contributed by atoms with Crippen LogP contribution < -0.4 is 19.1 Å². The van der Waals surface area contributed by atoms with Crippen LogP contribution in [0.2, 0.25) is 0 Å². The predicted octanol–water partition coefficient (Wildman–Crippen LogP) is 7.52. The molecule has 3 aromatic rings. The van der Waals surface area contributed by atoms with E-state index in [1.807, 2.05) is 42.5 Å². The van der Waals surface area contributed by atoms with Crippen LogP contribution in [0.15, 0.2) is 66.7 Å². The van der Waals surface area contributed by atoms with Crippen LogP contribution in [0.4, 0.5) is 18.9 Å². The molecule has 0 unspecified atom stereocenters. The van der Waals surface area contributed by atoms with Gasteiger partial charge in [-0.2, -0.15) is 0 Å². The van der Waals surface area contributed by atoms with Crippen LogP contribution in [-0.4, -0.2) is 44.2 Å². The van der Waals surface area contributed by atoms with Gasteiger partial charge in [-0.3, -0.25) is 4.79 Å². The molecule has 0 amide bonds. The van der Waals surface area contributed by atoms with Gasteiger partial charge in [0.1, 0.15) is 17.2 Å². The van der Waals surface area contributed by atoms with Crippen LogP contribution in [0.3, 0.4) is 0 Å². The summed E-state index contributed by atoms with van der Waals surface area (Å²) in [4.78, 5) is 13.7. The fourth-order valence-electron chi connectivity index (χ4n) is 5.61. The molecule has 2 fully saturated rings. The van der Waals surface area contributed by atoms with Gasteiger partial charge >= 0.3 is 12.3 Å². The molecule has 1 saturated heterocycles. The molecule has 1 atom stereocenters. The molecule has 218 valence electrons. The number of carboxylic acids is 1. The lowest BCUT2D eigenvalue weighted by atomic mass is 9.91. The van der Waals surface area contributed by atoms with Crippen LogP contribution in [0.5, 0.6) is 17.2 Å². The van der Waals surface area contributed by atoms with E-state index in [1.165, 1.54) is 12.1 Å². The summed E-state index contributed by atoms with van der Waals surface area (Å²) >= 11 is 0. The van der Waals surface area contributed by atoms with Crippen molar-refractivity contribution in [3.05, 3.63) is 72.3 Å². The normalized spacial score (nSPS) is 16.7. The van der Waals surface area contributed by atoms with Crippen LogP contribution in [0.25, 0.3) is 11.1 Å². The maximum Gasteiger partial charge on any atom is 0.573 e. The number of piperidine rings is 1. The zero-order chi connectivity index (χ0) is 29.0. The largest absolute Gasteiger partial charge is 0.573 e. The van der Waals surface area contributed by atoms with E-state index in [2.05, 4.69) is 9.64 Å². The summed E-state index contributed by atoms with van der Waals surface area (Å²) in [5.41, 5.74) is 3.69. The first kappa shape index (κ1) is 28.6. The number of ether oxygens (including phenoxy) is 3. The molecule has 9 heteroatoms. The summed E-state index contributed by atoms with van der Waals surface area (Å²) in [5.74, 6) is 1.29. The number of rotatable bonds is 11. The van der Waals surface area contributed by atoms with E-state index in [-0.39, 0.29) is 18.1 Å². The molecule has 0 aromatic heterocycles. The number of hydrogen-bond acceptors (Lipinski definition) is 5. The number of carbonyl (C=O) groups is 1. The zero-order valence-corrected chi connectivity index (χ0v) is 22.9. The van der Waals surface area contributed by atoms with Crippen molar-refractivity contribution in [3.63, 3.8) is 0 Å². The third kappa shape index (κ3) is 7.65. The highest BCUT2D eigenvalue weighted by Crippen LogP contribution is 2.45. The number of methoxy groups -OCH3 is 1. The van der Waals surface area contributed by atoms with Crippen LogP contribution in [0.1, 0.15) is 43.6 Å². The predicted molar refractivity (Wildman–Crippen MR) is 150 cm³/mol. The van der Waals surface area contributed by atoms with E-state index < -0.39 is 12.3 Å². The Morgan fingerprint density at radius 1 is 0.951 bits per heavy atom. The SMILES string of the molecule is COc1ccc(-c2ccc(OC(F)(F)F)cc2)c(N2CCC(COc3cccc([C@@H](CC(=O)O)C4CC4)c3)CC2)c1. The van der Waals surface area contributed by atoms with Crippen molar-refractivity contribution in [1.29, 1.82) is 0 Å². The molecule has 3 aromatic carbocycles. The van der Waals surface area contributed by atoms with Gasteiger partial charge in [-0.15, -0.1) is 13.2 Å². The molecule has 0 radical (unpaired) electrons. The number of aliphatic carboxylic acids is 1. The molecule has 1 saturated carbocycles. The highest BCUT2D eigenvalue weighted by molar-refractivity contribution is 5.80. The summed E-state index contributed by atoms with van der Waals surface area (Å²) in [6, 6.07) is 19.5. The van der Waals surface area contributed by atoms with Gasteiger partial charge in [-0.25, -0.2) is 0 Å². The van der Waals surface area contributed by atoms with Gasteiger partial charge in [-0.1, -0.05) is 24.3 Å². The second-order valence-electron chi connectivity index (χ2n) is 10.8. The quantitative estimate of drug-likeness (QED) is 0.258. The summed E-state index contributed by atoms with van der Waals surface area (Å²) in [7, 11) is 1.61. The van der Waals surface area contributed by atoms with Crippen LogP contribution in [0, 0.1) is 11.8 Å². The summed E-state index contributed by atoms with van der Waals surface area (Å²) < 4.78 is 53.4. The van der Waals surface area contributed by atoms with Gasteiger partial charge < -0.3 is 24.2 Å². The van der Waals surface area contributed by atoms with Gasteiger partial charge in [0.2, 0.25) is 0 Å². The van der Waals surface area contributed by atoms with Crippen LogP contribution in [-0.2, 0) is 4.79 Å². The first-order valence-electron chi connectivity index (χ1n) is 13.9. The molecular formula is C32H34F3NO5. The lowest BCUT2D eigenvalue weighted by Crippen LogP contribution is -2.35. The molecule has 1 aliphatic carbocycles. The second-order valence-corrected chi connectivity index (χ2v) is 10.8. The second kappa shape index (κ2) is 12.3. The molecule has 41 heavy (non-hydrogen) atoms. The summed E-state index contributed by atoms with van der Waals surface area (Å²) in [6.07, 6.45) is -0.604. The monoisotopic (exact) mass is 569 g/mol. The summed E-state index contributed by atoms with van der Waals surface area (Å²) in [6.45, 7) is 2.17. The lowest BCUT2D eigenvalue weighted by molar-refractivity contribution is -0.274. The number of hydrogen-bond donors (Lipinski definition) is 1. The molecular weight excluding hydrogens is 535 g/mol. The van der Waals surface area contributed by atoms with E-state index in [4.69, 9.17) is 9.47 Å². The van der Waals surface area contributed by atoms with Gasteiger partial charge in [0, 0.05) is 30.4 Å². The zero-order valence-electron chi connectivity index (χ0n) is 22.9. The third-order valence-corrected chi connectivity index (χ3v) is 7.92. The van der Waals surface area contributed by atoms with Crippen molar-refractivity contribution in [2.45, 2.75) is 44.4 Å². The fourth-order valence-corrected chi connectivity index (χ4v) is 5.61. The number of carboxylic acid groups (broad SMARTS) is 1. The molecule has 6 nitrogen and oxygen atoms in total. The van der Waals surface area contributed by atoms with Gasteiger partial charge in [0.25, 0.3) is 0 Å².